The Labute approximate surface area is 142 Å². The number of hydrogen-bond donors (Lipinski definition) is 3. The number of aliphatic imine (C=N–C) groups is 1. The summed E-state index contributed by atoms with van der Waals surface area (Å²) >= 11 is 1.43. The number of rotatable bonds is 4. The maximum Gasteiger partial charge on any atom is 0.270 e. The predicted octanol–water partition coefficient (Wildman–Crippen LogP) is 0.545. The number of amidine groups is 1. The van der Waals surface area contributed by atoms with Crippen LogP contribution in [0.2, 0.25) is 0 Å². The lowest BCUT2D eigenvalue weighted by atomic mass is 10.2. The average Bonchev–Trinajstić information content (AvgIpc) is 3.11. The zero-order valence-corrected chi connectivity index (χ0v) is 13.5. The Morgan fingerprint density at radius 2 is 2.08 bits per heavy atom. The molecule has 24 heavy (non-hydrogen) atoms. The highest BCUT2D eigenvalue weighted by atomic mass is 32.2. The standard InChI is InChI=1S/C16H16N4O3S/c21-9-13(15(23)20-16-17-7-8-24-16)19-14(22)12-6-5-10-3-1-2-4-11(10)18-12/h1-6,13,21H,7-9H2,(H,19,22)(H,17,20,23). The number of para-hydroxylation sites is 1. The monoisotopic (exact) mass is 344 g/mol. The summed E-state index contributed by atoms with van der Waals surface area (Å²) < 4.78 is 0. The van der Waals surface area contributed by atoms with Crippen molar-refractivity contribution in [2.24, 2.45) is 4.99 Å². The van der Waals surface area contributed by atoms with Crippen LogP contribution in [0, 0.1) is 0 Å². The highest BCUT2D eigenvalue weighted by Gasteiger charge is 2.23. The maximum absolute atomic E-state index is 12.3. The third-order valence-corrected chi connectivity index (χ3v) is 4.34. The smallest absolute Gasteiger partial charge is 0.270 e. The van der Waals surface area contributed by atoms with Gasteiger partial charge in [-0.25, -0.2) is 4.98 Å². The summed E-state index contributed by atoms with van der Waals surface area (Å²) in [6, 6.07) is 9.73. The van der Waals surface area contributed by atoms with Gasteiger partial charge in [0.15, 0.2) is 5.17 Å². The minimum Gasteiger partial charge on any atom is -0.394 e. The molecular weight excluding hydrogens is 328 g/mol. The molecule has 1 aliphatic heterocycles. The zero-order chi connectivity index (χ0) is 16.9. The van der Waals surface area contributed by atoms with E-state index in [1.54, 1.807) is 18.2 Å². The quantitative estimate of drug-likeness (QED) is 0.751. The Kier molecular flexibility index (Phi) is 5.07. The Hall–Kier alpha value is -2.45. The van der Waals surface area contributed by atoms with E-state index in [9.17, 15) is 14.7 Å². The highest BCUT2D eigenvalue weighted by Crippen LogP contribution is 2.12. The van der Waals surface area contributed by atoms with E-state index >= 15 is 0 Å². The predicted molar refractivity (Wildman–Crippen MR) is 93.0 cm³/mol. The van der Waals surface area contributed by atoms with Gasteiger partial charge in [0, 0.05) is 11.1 Å². The molecule has 124 valence electrons. The van der Waals surface area contributed by atoms with Gasteiger partial charge in [-0.15, -0.1) is 0 Å². The summed E-state index contributed by atoms with van der Waals surface area (Å²) in [5.41, 5.74) is 0.874. The van der Waals surface area contributed by atoms with E-state index in [-0.39, 0.29) is 5.69 Å². The molecular formula is C16H16N4O3S. The molecule has 1 aromatic heterocycles. The number of pyridine rings is 1. The van der Waals surface area contributed by atoms with Gasteiger partial charge < -0.3 is 15.7 Å². The van der Waals surface area contributed by atoms with Gasteiger partial charge in [0.2, 0.25) is 0 Å². The first-order valence-corrected chi connectivity index (χ1v) is 8.41. The summed E-state index contributed by atoms with van der Waals surface area (Å²) in [6.07, 6.45) is 0. The van der Waals surface area contributed by atoms with Crippen LogP contribution in [0.15, 0.2) is 41.4 Å². The van der Waals surface area contributed by atoms with E-state index in [0.717, 1.165) is 11.1 Å². The molecule has 0 saturated heterocycles. The lowest BCUT2D eigenvalue weighted by Crippen LogP contribution is -2.50. The number of thioether (sulfide) groups is 1. The van der Waals surface area contributed by atoms with Crippen LogP contribution in [0.5, 0.6) is 0 Å². The van der Waals surface area contributed by atoms with Gasteiger partial charge in [0.1, 0.15) is 11.7 Å². The third kappa shape index (κ3) is 3.72. The fourth-order valence-electron chi connectivity index (χ4n) is 2.22. The second-order valence-corrected chi connectivity index (χ2v) is 6.21. The van der Waals surface area contributed by atoms with Crippen LogP contribution >= 0.6 is 11.8 Å². The number of aliphatic hydroxyl groups is 1. The molecule has 2 heterocycles. The van der Waals surface area contributed by atoms with Crippen LogP contribution in [-0.4, -0.2) is 52.0 Å². The van der Waals surface area contributed by atoms with Gasteiger partial charge in [0.25, 0.3) is 11.8 Å². The number of hydrogen-bond acceptors (Lipinski definition) is 6. The van der Waals surface area contributed by atoms with Crippen LogP contribution < -0.4 is 10.6 Å². The van der Waals surface area contributed by atoms with Crippen molar-refractivity contribution in [1.82, 2.24) is 15.6 Å². The van der Waals surface area contributed by atoms with E-state index in [0.29, 0.717) is 17.2 Å². The fourth-order valence-corrected chi connectivity index (χ4v) is 2.95. The molecule has 8 heteroatoms. The Bertz CT molecular complexity index is 809. The van der Waals surface area contributed by atoms with Gasteiger partial charge in [-0.2, -0.15) is 0 Å². The number of benzene rings is 1. The average molecular weight is 344 g/mol. The molecule has 3 N–H and O–H groups in total. The molecule has 1 atom stereocenters. The van der Waals surface area contributed by atoms with E-state index < -0.39 is 24.5 Å². The second-order valence-electron chi connectivity index (χ2n) is 5.12. The van der Waals surface area contributed by atoms with Crippen molar-refractivity contribution in [3.05, 3.63) is 42.1 Å². The highest BCUT2D eigenvalue weighted by molar-refractivity contribution is 8.14. The second kappa shape index (κ2) is 7.41. The van der Waals surface area contributed by atoms with Crippen LogP contribution in [0.25, 0.3) is 10.9 Å². The number of fused-ring (bicyclic) bond motifs is 1. The SMILES string of the molecule is O=C(NC(CO)C(=O)NC1=NCCS1)c1ccc2ccccc2n1. The maximum atomic E-state index is 12.3. The third-order valence-electron chi connectivity index (χ3n) is 3.45. The van der Waals surface area contributed by atoms with Gasteiger partial charge in [0.05, 0.1) is 18.7 Å². The van der Waals surface area contributed by atoms with Crippen molar-refractivity contribution in [3.8, 4) is 0 Å². The van der Waals surface area contributed by atoms with Gasteiger partial charge in [-0.1, -0.05) is 36.0 Å². The number of nitrogens with one attached hydrogen (secondary N) is 2. The molecule has 0 fully saturated rings. The normalized spacial score (nSPS) is 15.0. The van der Waals surface area contributed by atoms with E-state index in [4.69, 9.17) is 0 Å². The Morgan fingerprint density at radius 1 is 1.25 bits per heavy atom. The summed E-state index contributed by atoms with van der Waals surface area (Å²) in [6.45, 7) is 0.139. The first kappa shape index (κ1) is 16.4. The van der Waals surface area contributed by atoms with E-state index in [2.05, 4.69) is 20.6 Å². The first-order valence-electron chi connectivity index (χ1n) is 7.43. The number of carbonyl (C=O) groups is 2. The van der Waals surface area contributed by atoms with E-state index in [1.165, 1.54) is 11.8 Å². The van der Waals surface area contributed by atoms with Crippen LogP contribution in [-0.2, 0) is 4.79 Å². The minimum atomic E-state index is -1.06. The topological polar surface area (TPSA) is 104 Å². The van der Waals surface area contributed by atoms with Gasteiger partial charge in [-0.05, 0) is 12.1 Å². The first-order chi connectivity index (χ1) is 11.7. The fraction of sp³-hybridized carbons (Fsp3) is 0.250. The Balaban J connectivity index is 1.69. The molecule has 7 nitrogen and oxygen atoms in total. The molecule has 0 bridgehead atoms. The van der Waals surface area contributed by atoms with E-state index in [1.807, 2.05) is 18.2 Å². The zero-order valence-electron chi connectivity index (χ0n) is 12.7. The Morgan fingerprint density at radius 3 is 2.83 bits per heavy atom. The summed E-state index contributed by atoms with van der Waals surface area (Å²) in [5.74, 6) is -0.206. The number of aliphatic hydroxyl groups excluding tert-OH is 1. The number of aromatic nitrogens is 1. The van der Waals surface area contributed by atoms with Crippen molar-refractivity contribution in [3.63, 3.8) is 0 Å². The molecule has 2 amide bonds. The summed E-state index contributed by atoms with van der Waals surface area (Å²) in [5, 5.41) is 15.9. The summed E-state index contributed by atoms with van der Waals surface area (Å²) in [7, 11) is 0. The lowest BCUT2D eigenvalue weighted by Gasteiger charge is -2.15. The molecule has 1 aliphatic rings. The molecule has 0 aliphatic carbocycles. The van der Waals surface area contributed by atoms with Crippen LogP contribution in [0.4, 0.5) is 0 Å². The molecule has 3 rings (SSSR count). The van der Waals surface area contributed by atoms with Crippen molar-refractivity contribution >= 4 is 39.6 Å². The molecule has 0 saturated carbocycles. The van der Waals surface area contributed by atoms with Crippen molar-refractivity contribution in [2.45, 2.75) is 6.04 Å². The number of carbonyl (C=O) groups excluding carboxylic acids is 2. The lowest BCUT2D eigenvalue weighted by molar-refractivity contribution is -0.122. The minimum absolute atomic E-state index is 0.188. The number of amides is 2. The van der Waals surface area contributed by atoms with Crippen LogP contribution in [0.1, 0.15) is 10.5 Å². The molecule has 2 aromatic rings. The van der Waals surface area contributed by atoms with Crippen molar-refractivity contribution in [2.75, 3.05) is 18.9 Å². The number of nitrogens with zero attached hydrogens (tertiary/aromatic N) is 2. The van der Waals surface area contributed by atoms with Crippen molar-refractivity contribution < 1.29 is 14.7 Å². The van der Waals surface area contributed by atoms with Gasteiger partial charge in [-0.3, -0.25) is 14.6 Å². The van der Waals surface area contributed by atoms with Gasteiger partial charge >= 0.3 is 0 Å². The largest absolute Gasteiger partial charge is 0.394 e. The summed E-state index contributed by atoms with van der Waals surface area (Å²) in [4.78, 5) is 32.8. The van der Waals surface area contributed by atoms with Crippen LogP contribution in [0.3, 0.4) is 0 Å². The molecule has 0 radical (unpaired) electrons. The molecule has 1 aromatic carbocycles. The van der Waals surface area contributed by atoms with Crippen molar-refractivity contribution in [1.29, 1.82) is 0 Å². The molecule has 1 unspecified atom stereocenters. The molecule has 0 spiro atoms.